The summed E-state index contributed by atoms with van der Waals surface area (Å²) in [6, 6.07) is 6.09. The van der Waals surface area contributed by atoms with Crippen molar-refractivity contribution in [3.8, 4) is 5.75 Å². The summed E-state index contributed by atoms with van der Waals surface area (Å²) in [6.07, 6.45) is 5.76. The van der Waals surface area contributed by atoms with Crippen LogP contribution in [0.25, 0.3) is 0 Å². The maximum Gasteiger partial charge on any atom is 0.229 e. The number of aromatic nitrogens is 2. The summed E-state index contributed by atoms with van der Waals surface area (Å²) < 4.78 is 5.27. The number of hydrogen-bond donors (Lipinski definition) is 1. The van der Waals surface area contributed by atoms with Crippen LogP contribution < -0.4 is 10.1 Å². The number of anilines is 1. The van der Waals surface area contributed by atoms with E-state index in [0.717, 1.165) is 30.7 Å². The van der Waals surface area contributed by atoms with Gasteiger partial charge >= 0.3 is 0 Å². The predicted molar refractivity (Wildman–Crippen MR) is 93.3 cm³/mol. The van der Waals surface area contributed by atoms with E-state index in [2.05, 4.69) is 27.4 Å². The third-order valence-corrected chi connectivity index (χ3v) is 4.53. The van der Waals surface area contributed by atoms with E-state index in [1.807, 2.05) is 19.9 Å². The molecule has 1 atom stereocenters. The molecule has 1 N–H and O–H groups in total. The molecule has 0 spiro atoms. The van der Waals surface area contributed by atoms with Gasteiger partial charge in [-0.1, -0.05) is 19.9 Å². The number of methoxy groups -OCH3 is 1. The fraction of sp³-hybridized carbons (Fsp3) is 0.421. The fourth-order valence-corrected chi connectivity index (χ4v) is 3.17. The van der Waals surface area contributed by atoms with E-state index in [1.54, 1.807) is 19.5 Å². The standard InChI is InChI=1S/C19H23N3O2/c1-12(2)17-18(21-9-8-20-17)22-19(23)15-5-4-14-11-16(24-3)7-6-13(14)10-15/h6-9,11-12,15H,4-5,10H2,1-3H3,(H,21,22,23). The van der Waals surface area contributed by atoms with Crippen molar-refractivity contribution in [3.63, 3.8) is 0 Å². The second-order valence-corrected chi connectivity index (χ2v) is 6.51. The first kappa shape index (κ1) is 16.4. The molecule has 1 aromatic carbocycles. The fourth-order valence-electron chi connectivity index (χ4n) is 3.17. The predicted octanol–water partition coefficient (Wildman–Crippen LogP) is 3.35. The lowest BCUT2D eigenvalue weighted by atomic mass is 9.83. The van der Waals surface area contributed by atoms with Gasteiger partial charge in [-0.2, -0.15) is 0 Å². The molecule has 2 aromatic rings. The van der Waals surface area contributed by atoms with Crippen LogP contribution in [0.4, 0.5) is 5.82 Å². The Kier molecular flexibility index (Phi) is 4.79. The molecule has 5 nitrogen and oxygen atoms in total. The van der Waals surface area contributed by atoms with E-state index in [-0.39, 0.29) is 17.7 Å². The molecule has 5 heteroatoms. The lowest BCUT2D eigenvalue weighted by Gasteiger charge is -2.24. The van der Waals surface area contributed by atoms with E-state index in [1.165, 1.54) is 11.1 Å². The van der Waals surface area contributed by atoms with Crippen LogP contribution in [-0.4, -0.2) is 23.0 Å². The van der Waals surface area contributed by atoms with Gasteiger partial charge in [-0.15, -0.1) is 0 Å². The van der Waals surface area contributed by atoms with Crippen molar-refractivity contribution in [2.45, 2.75) is 39.0 Å². The van der Waals surface area contributed by atoms with Gasteiger partial charge in [-0.3, -0.25) is 9.78 Å². The monoisotopic (exact) mass is 325 g/mol. The topological polar surface area (TPSA) is 64.1 Å². The van der Waals surface area contributed by atoms with Gasteiger partial charge in [0.1, 0.15) is 5.75 Å². The number of carbonyl (C=O) groups is 1. The molecule has 126 valence electrons. The van der Waals surface area contributed by atoms with E-state index in [9.17, 15) is 4.79 Å². The number of nitrogens with one attached hydrogen (secondary N) is 1. The van der Waals surface area contributed by atoms with Crippen molar-refractivity contribution in [2.75, 3.05) is 12.4 Å². The zero-order valence-electron chi connectivity index (χ0n) is 14.4. The molecular weight excluding hydrogens is 302 g/mol. The van der Waals surface area contributed by atoms with Crippen molar-refractivity contribution < 1.29 is 9.53 Å². The van der Waals surface area contributed by atoms with Crippen LogP contribution in [0.1, 0.15) is 43.0 Å². The smallest absolute Gasteiger partial charge is 0.229 e. The molecule has 3 rings (SSSR count). The minimum Gasteiger partial charge on any atom is -0.497 e. The van der Waals surface area contributed by atoms with Gasteiger partial charge in [0.05, 0.1) is 12.8 Å². The molecule has 1 amide bonds. The lowest BCUT2D eigenvalue weighted by Crippen LogP contribution is -2.29. The molecule has 24 heavy (non-hydrogen) atoms. The summed E-state index contributed by atoms with van der Waals surface area (Å²) >= 11 is 0. The van der Waals surface area contributed by atoms with Gasteiger partial charge < -0.3 is 10.1 Å². The van der Waals surface area contributed by atoms with Gasteiger partial charge in [0, 0.05) is 18.3 Å². The molecular formula is C19H23N3O2. The molecule has 0 saturated heterocycles. The first-order valence-corrected chi connectivity index (χ1v) is 8.36. The van der Waals surface area contributed by atoms with E-state index >= 15 is 0 Å². The highest BCUT2D eigenvalue weighted by Gasteiger charge is 2.26. The molecule has 1 aliphatic carbocycles. The number of rotatable bonds is 4. The summed E-state index contributed by atoms with van der Waals surface area (Å²) in [5.74, 6) is 1.66. The van der Waals surface area contributed by atoms with Gasteiger partial charge in [0.15, 0.2) is 5.82 Å². The number of aryl methyl sites for hydroxylation is 1. The summed E-state index contributed by atoms with van der Waals surface area (Å²) in [6.45, 7) is 4.09. The summed E-state index contributed by atoms with van der Waals surface area (Å²) in [7, 11) is 1.67. The normalized spacial score (nSPS) is 16.6. The van der Waals surface area contributed by atoms with E-state index in [0.29, 0.717) is 5.82 Å². The molecule has 1 aromatic heterocycles. The van der Waals surface area contributed by atoms with E-state index in [4.69, 9.17) is 4.74 Å². The minimum atomic E-state index is -0.0343. The first-order chi connectivity index (χ1) is 11.6. The van der Waals surface area contributed by atoms with Crippen LogP contribution >= 0.6 is 0 Å². The highest BCUT2D eigenvalue weighted by molar-refractivity contribution is 5.92. The highest BCUT2D eigenvalue weighted by Crippen LogP contribution is 2.29. The van der Waals surface area contributed by atoms with Crippen LogP contribution in [0.2, 0.25) is 0 Å². The molecule has 0 aliphatic heterocycles. The average molecular weight is 325 g/mol. The SMILES string of the molecule is COc1ccc2c(c1)CCC(C(=O)Nc1nccnc1C(C)C)C2. The Morgan fingerprint density at radius 1 is 1.25 bits per heavy atom. The molecule has 1 aliphatic rings. The maximum atomic E-state index is 12.7. The third-order valence-electron chi connectivity index (χ3n) is 4.53. The van der Waals surface area contributed by atoms with E-state index < -0.39 is 0 Å². The van der Waals surface area contributed by atoms with Crippen molar-refractivity contribution in [1.82, 2.24) is 9.97 Å². The van der Waals surface area contributed by atoms with Crippen molar-refractivity contribution >= 4 is 11.7 Å². The molecule has 0 saturated carbocycles. The van der Waals surface area contributed by atoms with Gasteiger partial charge in [-0.05, 0) is 48.4 Å². The summed E-state index contributed by atoms with van der Waals surface area (Å²) in [4.78, 5) is 21.3. The van der Waals surface area contributed by atoms with Crippen LogP contribution in [0.5, 0.6) is 5.75 Å². The molecule has 0 bridgehead atoms. The van der Waals surface area contributed by atoms with Crippen LogP contribution in [0.3, 0.4) is 0 Å². The van der Waals surface area contributed by atoms with Crippen LogP contribution in [0.15, 0.2) is 30.6 Å². The van der Waals surface area contributed by atoms with Crippen molar-refractivity contribution in [1.29, 1.82) is 0 Å². The lowest BCUT2D eigenvalue weighted by molar-refractivity contribution is -0.120. The summed E-state index contributed by atoms with van der Waals surface area (Å²) in [5.41, 5.74) is 3.33. The average Bonchev–Trinajstić information content (AvgIpc) is 2.61. The number of nitrogens with zero attached hydrogens (tertiary/aromatic N) is 2. The van der Waals surface area contributed by atoms with Crippen LogP contribution in [-0.2, 0) is 17.6 Å². The Hall–Kier alpha value is -2.43. The Morgan fingerprint density at radius 3 is 2.79 bits per heavy atom. The Labute approximate surface area is 142 Å². The minimum absolute atomic E-state index is 0.0267. The second-order valence-electron chi connectivity index (χ2n) is 6.51. The summed E-state index contributed by atoms with van der Waals surface area (Å²) in [5, 5.41) is 2.98. The molecule has 1 unspecified atom stereocenters. The number of ether oxygens (including phenoxy) is 1. The zero-order chi connectivity index (χ0) is 17.1. The number of amides is 1. The quantitative estimate of drug-likeness (QED) is 0.936. The highest BCUT2D eigenvalue weighted by atomic mass is 16.5. The number of carbonyl (C=O) groups excluding carboxylic acids is 1. The maximum absolute atomic E-state index is 12.7. The van der Waals surface area contributed by atoms with Gasteiger partial charge in [0.25, 0.3) is 0 Å². The largest absolute Gasteiger partial charge is 0.497 e. The van der Waals surface area contributed by atoms with Crippen molar-refractivity contribution in [2.24, 2.45) is 5.92 Å². The molecule has 0 radical (unpaired) electrons. The Bertz CT molecular complexity index is 743. The number of fused-ring (bicyclic) bond motifs is 1. The van der Waals surface area contributed by atoms with Crippen LogP contribution in [0, 0.1) is 5.92 Å². The third kappa shape index (κ3) is 3.40. The Morgan fingerprint density at radius 2 is 2.04 bits per heavy atom. The first-order valence-electron chi connectivity index (χ1n) is 8.36. The second kappa shape index (κ2) is 6.99. The number of hydrogen-bond acceptors (Lipinski definition) is 4. The number of benzene rings is 1. The van der Waals surface area contributed by atoms with Gasteiger partial charge in [-0.25, -0.2) is 4.98 Å². The molecule has 0 fully saturated rings. The zero-order valence-corrected chi connectivity index (χ0v) is 14.4. The molecule has 1 heterocycles. The Balaban J connectivity index is 1.73. The van der Waals surface area contributed by atoms with Crippen molar-refractivity contribution in [3.05, 3.63) is 47.4 Å². The van der Waals surface area contributed by atoms with Gasteiger partial charge in [0.2, 0.25) is 5.91 Å².